The number of guanidine groups is 1. The van der Waals surface area contributed by atoms with Crippen LogP contribution in [0.3, 0.4) is 0 Å². The van der Waals surface area contributed by atoms with Crippen LogP contribution in [0.15, 0.2) is 41.4 Å². The lowest BCUT2D eigenvalue weighted by Crippen LogP contribution is -2.50. The lowest BCUT2D eigenvalue weighted by molar-refractivity contribution is -0.00541. The van der Waals surface area contributed by atoms with Gasteiger partial charge in [-0.3, -0.25) is 9.79 Å². The number of thiophene rings is 2. The molecule has 2 aromatic heterocycles. The van der Waals surface area contributed by atoms with Crippen LogP contribution >= 0.6 is 22.7 Å². The summed E-state index contributed by atoms with van der Waals surface area (Å²) >= 11 is 3.18. The third-order valence-electron chi connectivity index (χ3n) is 13.5. The Morgan fingerprint density at radius 2 is 1.95 bits per heavy atom. The molecule has 8 N–H and O–H groups in total. The van der Waals surface area contributed by atoms with Gasteiger partial charge in [0.25, 0.3) is 0 Å². The van der Waals surface area contributed by atoms with Crippen molar-refractivity contribution >= 4 is 46.2 Å². The minimum absolute atomic E-state index is 0.0716. The van der Waals surface area contributed by atoms with E-state index in [-0.39, 0.29) is 48.0 Å². The molecule has 3 heterocycles. The number of ketones is 1. The van der Waals surface area contributed by atoms with Crippen molar-refractivity contribution in [2.75, 3.05) is 19.0 Å². The number of rotatable bonds is 11. The van der Waals surface area contributed by atoms with E-state index in [4.69, 9.17) is 5.73 Å². The minimum Gasteiger partial charge on any atom is -0.507 e. The molecule has 1 spiro atoms. The van der Waals surface area contributed by atoms with Crippen molar-refractivity contribution in [3.63, 3.8) is 0 Å². The molecular formula is C47H58N4O5S2. The van der Waals surface area contributed by atoms with Gasteiger partial charge >= 0.3 is 0 Å². The number of phenolic OH excluding ortho intramolecular Hbond substituents is 1. The van der Waals surface area contributed by atoms with E-state index in [1.54, 1.807) is 36.6 Å². The predicted molar refractivity (Wildman–Crippen MR) is 236 cm³/mol. The summed E-state index contributed by atoms with van der Waals surface area (Å²) in [7, 11) is 1.66. The number of hydrogen-bond donors (Lipinski definition) is 7. The van der Waals surface area contributed by atoms with Gasteiger partial charge in [0.2, 0.25) is 0 Å². The van der Waals surface area contributed by atoms with Gasteiger partial charge in [-0.2, -0.15) is 0 Å². The maximum atomic E-state index is 15.1. The normalized spacial score (nSPS) is 28.5. The standard InChI is InChI=1S/C47H58N4O5S2/c1-5-7-8-20-46-21-9-11-32-30(23-38(54)33-14-16-36(28(3)53)50-43(32)33)22-37(51-45(48)49-4)29-12-15-34(47(24-29,27-46)25-35(46)39(55)26-52)44(56)42-19-18-41(58-42)40-17-13-31(57-40)10-6-2/h13-14,16-19,23,28-29,34-37,39,50,52-55H,5,7-8,12,15,20-22,24-27H2,1-4H3,(H3,48,49,51). The SMILES string of the molecule is CC#Cc1ccc(-c2ccc(C(=O)C3CCC4CC35CC(C(O)CO)C(CCCCC)(CC#Cc3c(cc(O)c6c3NC(C(C)O)C=C6)CC4NC(N)=NC)C5)s2)s1. The van der Waals surface area contributed by atoms with E-state index in [0.29, 0.717) is 42.9 Å². The summed E-state index contributed by atoms with van der Waals surface area (Å²) < 4.78 is 0. The number of phenols is 1. The monoisotopic (exact) mass is 822 g/mol. The van der Waals surface area contributed by atoms with Crippen molar-refractivity contribution in [3.8, 4) is 39.2 Å². The summed E-state index contributed by atoms with van der Waals surface area (Å²) in [5, 5.41) is 51.5. The number of aliphatic hydroxyl groups excluding tert-OH is 3. The maximum Gasteiger partial charge on any atom is 0.188 e. The van der Waals surface area contributed by atoms with Gasteiger partial charge in [0, 0.05) is 40.7 Å². The quantitative estimate of drug-likeness (QED) is 0.0343. The predicted octanol–water partition coefficient (Wildman–Crippen LogP) is 7.56. The Kier molecular flexibility index (Phi) is 12.8. The number of Topliss-reactive ketones (excluding diaryl/α,β-unsaturated/α-hetero) is 1. The van der Waals surface area contributed by atoms with E-state index in [9.17, 15) is 20.4 Å². The van der Waals surface area contributed by atoms with Crippen molar-refractivity contribution < 1.29 is 25.2 Å². The maximum absolute atomic E-state index is 15.1. The highest BCUT2D eigenvalue weighted by molar-refractivity contribution is 7.23. The van der Waals surface area contributed by atoms with Gasteiger partial charge in [-0.1, -0.05) is 56.1 Å². The van der Waals surface area contributed by atoms with Crippen LogP contribution in [0.1, 0.15) is 116 Å². The van der Waals surface area contributed by atoms with Gasteiger partial charge < -0.3 is 36.8 Å². The molecule has 9 nitrogen and oxygen atoms in total. The number of unbranched alkanes of at least 4 members (excludes halogenated alkanes) is 2. The second-order valence-electron chi connectivity index (χ2n) is 17.1. The molecule has 308 valence electrons. The molecule has 0 amide bonds. The number of aromatic hydroxyl groups is 1. The number of carbonyl (C=O) groups excluding carboxylic acids is 1. The van der Waals surface area contributed by atoms with Gasteiger partial charge in [0.05, 0.1) is 45.9 Å². The first-order chi connectivity index (χ1) is 27.9. The summed E-state index contributed by atoms with van der Waals surface area (Å²) in [4.78, 5) is 23.3. The minimum atomic E-state index is -0.955. The van der Waals surface area contributed by atoms with Gasteiger partial charge in [-0.05, 0) is 117 Å². The fourth-order valence-electron chi connectivity index (χ4n) is 10.8. The molecule has 0 radical (unpaired) electrons. The molecule has 7 rings (SSSR count). The molecule has 4 aliphatic rings. The van der Waals surface area contributed by atoms with Crippen LogP contribution in [-0.2, 0) is 6.42 Å². The van der Waals surface area contributed by atoms with Crippen LogP contribution in [0.4, 0.5) is 5.69 Å². The second kappa shape index (κ2) is 17.6. The number of nitrogens with zero attached hydrogens (tertiary/aromatic N) is 1. The Morgan fingerprint density at radius 1 is 1.16 bits per heavy atom. The number of benzene rings is 1. The molecule has 58 heavy (non-hydrogen) atoms. The molecule has 9 unspecified atom stereocenters. The van der Waals surface area contributed by atoms with Crippen LogP contribution in [0.5, 0.6) is 5.75 Å². The number of fused-ring (bicyclic) bond motifs is 5. The van der Waals surface area contributed by atoms with E-state index in [1.807, 2.05) is 37.3 Å². The first-order valence-electron chi connectivity index (χ1n) is 20.9. The van der Waals surface area contributed by atoms with Crippen molar-refractivity contribution in [1.29, 1.82) is 0 Å². The van der Waals surface area contributed by atoms with Crippen molar-refractivity contribution in [3.05, 3.63) is 62.9 Å². The van der Waals surface area contributed by atoms with E-state index in [1.165, 1.54) is 0 Å². The number of nitrogens with one attached hydrogen (secondary N) is 2. The van der Waals surface area contributed by atoms with Crippen molar-refractivity contribution in [1.82, 2.24) is 5.32 Å². The number of carbonyl (C=O) groups is 1. The van der Waals surface area contributed by atoms with Crippen molar-refractivity contribution in [2.24, 2.45) is 39.3 Å². The van der Waals surface area contributed by atoms with E-state index in [0.717, 1.165) is 75.6 Å². The molecule has 9 atom stereocenters. The third kappa shape index (κ3) is 8.22. The molecule has 0 saturated heterocycles. The molecule has 1 aliphatic heterocycles. The zero-order valence-electron chi connectivity index (χ0n) is 34.1. The Hall–Kier alpha value is -4.10. The van der Waals surface area contributed by atoms with Gasteiger partial charge in [0.1, 0.15) is 5.75 Å². The average Bonchev–Trinajstić information content (AvgIpc) is 3.97. The van der Waals surface area contributed by atoms with Crippen LogP contribution in [-0.4, -0.2) is 70.1 Å². The van der Waals surface area contributed by atoms with E-state index < -0.39 is 23.0 Å². The molecule has 2 saturated carbocycles. The molecule has 11 heteroatoms. The zero-order chi connectivity index (χ0) is 41.2. The highest BCUT2D eigenvalue weighted by atomic mass is 32.1. The molecule has 3 aromatic rings. The summed E-state index contributed by atoms with van der Waals surface area (Å²) in [6.45, 7) is 5.40. The molecule has 3 bridgehead atoms. The largest absolute Gasteiger partial charge is 0.507 e. The topological polar surface area (TPSA) is 160 Å². The first-order valence-corrected chi connectivity index (χ1v) is 22.5. The summed E-state index contributed by atoms with van der Waals surface area (Å²) in [5.41, 5.74) is 8.50. The fourth-order valence-corrected chi connectivity index (χ4v) is 12.8. The van der Waals surface area contributed by atoms with Crippen LogP contribution in [0.2, 0.25) is 0 Å². The molecule has 1 aromatic carbocycles. The third-order valence-corrected chi connectivity index (χ3v) is 15.8. The van der Waals surface area contributed by atoms with Crippen LogP contribution < -0.4 is 16.4 Å². The Labute approximate surface area is 351 Å². The number of nitrogens with two attached hydrogens (primary N) is 1. The Balaban J connectivity index is 1.36. The van der Waals surface area contributed by atoms with Crippen LogP contribution in [0, 0.1) is 52.3 Å². The number of anilines is 1. The molecular weight excluding hydrogens is 765 g/mol. The van der Waals surface area contributed by atoms with Crippen LogP contribution in [0.25, 0.3) is 15.8 Å². The number of hydrogen-bond acceptors (Lipinski definition) is 9. The highest BCUT2D eigenvalue weighted by Gasteiger charge is 2.61. The molecule has 2 fully saturated rings. The van der Waals surface area contributed by atoms with E-state index >= 15 is 4.79 Å². The smallest absolute Gasteiger partial charge is 0.188 e. The van der Waals surface area contributed by atoms with Gasteiger partial charge in [0.15, 0.2) is 11.7 Å². The van der Waals surface area contributed by atoms with Crippen molar-refractivity contribution in [2.45, 2.75) is 116 Å². The average molecular weight is 823 g/mol. The lowest BCUT2D eigenvalue weighted by Gasteiger charge is -2.47. The van der Waals surface area contributed by atoms with E-state index in [2.05, 4.69) is 58.4 Å². The highest BCUT2D eigenvalue weighted by Crippen LogP contribution is 2.66. The lowest BCUT2D eigenvalue weighted by atomic mass is 9.57. The number of aliphatic hydroxyl groups is 3. The summed E-state index contributed by atoms with van der Waals surface area (Å²) in [5.74, 6) is 13.4. The zero-order valence-corrected chi connectivity index (χ0v) is 35.7. The summed E-state index contributed by atoms with van der Waals surface area (Å²) in [6.07, 6.45) is 10.5. The van der Waals surface area contributed by atoms with Gasteiger partial charge in [-0.25, -0.2) is 0 Å². The Morgan fingerprint density at radius 3 is 2.69 bits per heavy atom. The first kappa shape index (κ1) is 42.0. The summed E-state index contributed by atoms with van der Waals surface area (Å²) in [6, 6.07) is 9.40. The fraction of sp³-hybridized carbons (Fsp3) is 0.532. The Bertz CT molecular complexity index is 2180. The number of aliphatic imine (C=N–C) groups is 1. The molecule has 3 aliphatic carbocycles. The van der Waals surface area contributed by atoms with Gasteiger partial charge in [-0.15, -0.1) is 28.6 Å². The second-order valence-corrected chi connectivity index (χ2v) is 19.3.